The van der Waals surface area contributed by atoms with E-state index in [0.29, 0.717) is 17.6 Å². The van der Waals surface area contributed by atoms with Crippen LogP contribution >= 0.6 is 0 Å². The highest BCUT2D eigenvalue weighted by atomic mass is 16.3. The molecule has 0 radical (unpaired) electrons. The molecular weight excluding hydrogens is 468 g/mol. The van der Waals surface area contributed by atoms with Gasteiger partial charge in [-0.3, -0.25) is 4.57 Å². The van der Waals surface area contributed by atoms with Crippen LogP contribution in [0.1, 0.15) is 0 Å². The van der Waals surface area contributed by atoms with Crippen molar-refractivity contribution in [1.82, 2.24) is 19.5 Å². The predicted octanol–water partition coefficient (Wildman–Crippen LogP) is 8.20. The lowest BCUT2D eigenvalue weighted by molar-refractivity contribution is 0.669. The number of para-hydroxylation sites is 3. The van der Waals surface area contributed by atoms with Crippen LogP contribution in [0.15, 0.2) is 126 Å². The minimum Gasteiger partial charge on any atom is -0.456 e. The molecule has 5 aromatic carbocycles. The minimum absolute atomic E-state index is 0.580. The molecule has 178 valence electrons. The molecule has 0 atom stereocenters. The molecule has 38 heavy (non-hydrogen) atoms. The van der Waals surface area contributed by atoms with Crippen molar-refractivity contribution in [2.75, 3.05) is 0 Å². The van der Waals surface area contributed by atoms with E-state index in [0.717, 1.165) is 54.9 Å². The first-order valence-corrected chi connectivity index (χ1v) is 12.6. The van der Waals surface area contributed by atoms with E-state index in [1.165, 1.54) is 0 Å². The zero-order valence-electron chi connectivity index (χ0n) is 20.2. The second-order valence-corrected chi connectivity index (χ2v) is 9.33. The highest BCUT2D eigenvalue weighted by Gasteiger charge is 2.18. The number of nitrogens with zero attached hydrogens (tertiary/aromatic N) is 4. The number of fused-ring (bicyclic) bond motifs is 6. The lowest BCUT2D eigenvalue weighted by Gasteiger charge is -2.10. The van der Waals surface area contributed by atoms with Gasteiger partial charge in [-0.05, 0) is 30.3 Å². The molecule has 0 saturated heterocycles. The molecule has 0 unspecified atom stereocenters. The zero-order chi connectivity index (χ0) is 25.1. The molecule has 0 aliphatic carbocycles. The van der Waals surface area contributed by atoms with E-state index in [4.69, 9.17) is 19.4 Å². The fourth-order valence-corrected chi connectivity index (χ4v) is 5.31. The van der Waals surface area contributed by atoms with Crippen molar-refractivity contribution in [2.45, 2.75) is 0 Å². The van der Waals surface area contributed by atoms with Crippen molar-refractivity contribution in [2.24, 2.45) is 0 Å². The number of hydrogen-bond donors (Lipinski definition) is 0. The van der Waals surface area contributed by atoms with Gasteiger partial charge in [0.2, 0.25) is 5.95 Å². The quantitative estimate of drug-likeness (QED) is 0.251. The summed E-state index contributed by atoms with van der Waals surface area (Å²) in [5.74, 6) is 1.80. The number of aromatic nitrogens is 4. The van der Waals surface area contributed by atoms with E-state index in [1.807, 2.05) is 66.7 Å². The molecule has 0 amide bonds. The van der Waals surface area contributed by atoms with E-state index in [9.17, 15) is 0 Å². The molecule has 8 rings (SSSR count). The number of hydrogen-bond acceptors (Lipinski definition) is 4. The minimum atomic E-state index is 0.580. The maximum Gasteiger partial charge on any atom is 0.238 e. The summed E-state index contributed by atoms with van der Waals surface area (Å²) in [7, 11) is 0. The second-order valence-electron chi connectivity index (χ2n) is 9.33. The zero-order valence-corrected chi connectivity index (χ0v) is 20.2. The van der Waals surface area contributed by atoms with Crippen LogP contribution in [0.4, 0.5) is 0 Å². The van der Waals surface area contributed by atoms with Crippen molar-refractivity contribution in [3.8, 4) is 28.7 Å². The Hall–Kier alpha value is -5.29. The van der Waals surface area contributed by atoms with Crippen molar-refractivity contribution >= 4 is 43.7 Å². The smallest absolute Gasteiger partial charge is 0.238 e. The summed E-state index contributed by atoms with van der Waals surface area (Å²) in [5, 5.41) is 4.50. The molecule has 5 nitrogen and oxygen atoms in total. The van der Waals surface area contributed by atoms with Crippen LogP contribution in [0.25, 0.3) is 72.5 Å². The standard InChI is InChI=1S/C33H20N4O/c1-2-10-21(11-3-1)31-34-32(22-18-19-26-25-14-6-9-17-29(25)38-30(26)20-22)36-33(35-31)37-27-15-7-4-12-23(27)24-13-5-8-16-28(24)37/h1-20H. The van der Waals surface area contributed by atoms with Gasteiger partial charge < -0.3 is 4.42 Å². The van der Waals surface area contributed by atoms with Crippen LogP contribution < -0.4 is 0 Å². The van der Waals surface area contributed by atoms with Gasteiger partial charge in [0.15, 0.2) is 11.6 Å². The van der Waals surface area contributed by atoms with E-state index in [2.05, 4.69) is 59.2 Å². The van der Waals surface area contributed by atoms with Crippen molar-refractivity contribution < 1.29 is 4.42 Å². The molecule has 0 aliphatic heterocycles. The summed E-state index contributed by atoms with van der Waals surface area (Å²) >= 11 is 0. The third kappa shape index (κ3) is 3.15. The first-order chi connectivity index (χ1) is 18.8. The Bertz CT molecular complexity index is 2090. The first kappa shape index (κ1) is 20.9. The third-order valence-corrected chi connectivity index (χ3v) is 7.07. The molecule has 5 heteroatoms. The molecule has 3 aromatic heterocycles. The molecule has 0 bridgehead atoms. The maximum absolute atomic E-state index is 6.17. The van der Waals surface area contributed by atoms with Crippen LogP contribution in [-0.2, 0) is 0 Å². The molecule has 0 spiro atoms. The van der Waals surface area contributed by atoms with Crippen LogP contribution in [0.3, 0.4) is 0 Å². The fraction of sp³-hybridized carbons (Fsp3) is 0. The van der Waals surface area contributed by atoms with Gasteiger partial charge in [0.05, 0.1) is 11.0 Å². The first-order valence-electron chi connectivity index (χ1n) is 12.6. The average Bonchev–Trinajstić information content (AvgIpc) is 3.53. The monoisotopic (exact) mass is 488 g/mol. The molecule has 0 saturated carbocycles. The molecule has 0 N–H and O–H groups in total. The summed E-state index contributed by atoms with van der Waals surface area (Å²) in [6.45, 7) is 0. The molecule has 0 fully saturated rings. The Labute approximate surface area is 217 Å². The van der Waals surface area contributed by atoms with E-state index in [1.54, 1.807) is 0 Å². The van der Waals surface area contributed by atoms with Crippen molar-refractivity contribution in [1.29, 1.82) is 0 Å². The topological polar surface area (TPSA) is 56.7 Å². The molecule has 3 heterocycles. The number of furan rings is 1. The molecule has 8 aromatic rings. The summed E-state index contributed by atoms with van der Waals surface area (Å²) in [4.78, 5) is 14.9. The van der Waals surface area contributed by atoms with Gasteiger partial charge in [0.25, 0.3) is 0 Å². The van der Waals surface area contributed by atoms with Gasteiger partial charge in [-0.15, -0.1) is 0 Å². The van der Waals surface area contributed by atoms with E-state index >= 15 is 0 Å². The summed E-state index contributed by atoms with van der Waals surface area (Å²) in [5.41, 5.74) is 5.59. The molecular formula is C33H20N4O. The van der Waals surface area contributed by atoms with Crippen LogP contribution in [-0.4, -0.2) is 19.5 Å². The van der Waals surface area contributed by atoms with Crippen LogP contribution in [0.2, 0.25) is 0 Å². The third-order valence-electron chi connectivity index (χ3n) is 7.07. The Morgan fingerprint density at radius 3 is 1.76 bits per heavy atom. The van der Waals surface area contributed by atoms with Gasteiger partial charge in [0, 0.05) is 32.7 Å². The lowest BCUT2D eigenvalue weighted by Crippen LogP contribution is -2.06. The largest absolute Gasteiger partial charge is 0.456 e. The summed E-state index contributed by atoms with van der Waals surface area (Å²) in [6, 6.07) is 41.0. The average molecular weight is 489 g/mol. The highest BCUT2D eigenvalue weighted by molar-refractivity contribution is 6.09. The maximum atomic E-state index is 6.17. The predicted molar refractivity (Wildman–Crippen MR) is 152 cm³/mol. The van der Waals surface area contributed by atoms with Gasteiger partial charge in [-0.25, -0.2) is 4.98 Å². The van der Waals surface area contributed by atoms with Gasteiger partial charge in [-0.1, -0.05) is 91.0 Å². The SMILES string of the molecule is c1ccc(-c2nc(-c3ccc4c(c3)oc3ccccc34)nc(-n3c4ccccc4c4ccccc43)n2)cc1. The Morgan fingerprint density at radius 1 is 0.447 bits per heavy atom. The Morgan fingerprint density at radius 2 is 1.03 bits per heavy atom. The highest BCUT2D eigenvalue weighted by Crippen LogP contribution is 2.34. The van der Waals surface area contributed by atoms with Gasteiger partial charge in [-0.2, -0.15) is 9.97 Å². The fourth-order valence-electron chi connectivity index (χ4n) is 5.31. The Kier molecular flexibility index (Phi) is 4.45. The number of benzene rings is 5. The van der Waals surface area contributed by atoms with Gasteiger partial charge in [0.1, 0.15) is 11.2 Å². The normalized spacial score (nSPS) is 11.7. The van der Waals surface area contributed by atoms with Crippen LogP contribution in [0.5, 0.6) is 0 Å². The second kappa shape index (κ2) is 8.11. The lowest BCUT2D eigenvalue weighted by atomic mass is 10.1. The van der Waals surface area contributed by atoms with Crippen molar-refractivity contribution in [3.05, 3.63) is 121 Å². The summed E-state index contributed by atoms with van der Waals surface area (Å²) < 4.78 is 8.30. The number of rotatable bonds is 3. The van der Waals surface area contributed by atoms with E-state index in [-0.39, 0.29) is 0 Å². The molecule has 0 aliphatic rings. The van der Waals surface area contributed by atoms with Gasteiger partial charge >= 0.3 is 0 Å². The van der Waals surface area contributed by atoms with E-state index < -0.39 is 0 Å². The Balaban J connectivity index is 1.41. The van der Waals surface area contributed by atoms with Crippen molar-refractivity contribution in [3.63, 3.8) is 0 Å². The summed E-state index contributed by atoms with van der Waals surface area (Å²) in [6.07, 6.45) is 0. The van der Waals surface area contributed by atoms with Crippen LogP contribution in [0, 0.1) is 0 Å².